The van der Waals surface area contributed by atoms with Gasteiger partial charge in [-0.2, -0.15) is 4.31 Å². The van der Waals surface area contributed by atoms with E-state index < -0.39 is 15.8 Å². The first-order valence-corrected chi connectivity index (χ1v) is 8.40. The van der Waals surface area contributed by atoms with Crippen LogP contribution in [0.3, 0.4) is 0 Å². The summed E-state index contributed by atoms with van der Waals surface area (Å²) in [5.41, 5.74) is 5.45. The largest absolute Gasteiger partial charge is 0.320 e. The Bertz CT molecular complexity index is 627. The van der Waals surface area contributed by atoms with E-state index in [1.54, 1.807) is 0 Å². The summed E-state index contributed by atoms with van der Waals surface area (Å²) in [4.78, 5) is 0.0340. The van der Waals surface area contributed by atoms with Crippen LogP contribution in [-0.4, -0.2) is 32.4 Å². The maximum absolute atomic E-state index is 13.4. The van der Waals surface area contributed by atoms with Crippen molar-refractivity contribution < 1.29 is 12.8 Å². The summed E-state index contributed by atoms with van der Waals surface area (Å²) in [6.07, 6.45) is 1.43. The Morgan fingerprint density at radius 1 is 1.24 bits per heavy atom. The zero-order chi connectivity index (χ0) is 15.9. The molecule has 0 fully saturated rings. The van der Waals surface area contributed by atoms with Crippen molar-refractivity contribution in [2.45, 2.75) is 31.6 Å². The molecule has 0 aliphatic rings. The van der Waals surface area contributed by atoms with Gasteiger partial charge in [0.2, 0.25) is 10.0 Å². The number of sulfonamides is 1. The predicted octanol–water partition coefficient (Wildman–Crippen LogP) is 1.95. The molecule has 0 heterocycles. The maximum atomic E-state index is 13.4. The second-order valence-electron chi connectivity index (χ2n) is 4.55. The second kappa shape index (κ2) is 8.13. The lowest BCUT2D eigenvalue weighted by atomic mass is 10.2. The van der Waals surface area contributed by atoms with E-state index in [0.717, 1.165) is 12.1 Å². The smallest absolute Gasteiger partial charge is 0.244 e. The minimum Gasteiger partial charge on any atom is -0.320 e. The van der Waals surface area contributed by atoms with Crippen molar-refractivity contribution in [3.63, 3.8) is 0 Å². The van der Waals surface area contributed by atoms with Crippen LogP contribution in [0.4, 0.5) is 4.39 Å². The molecule has 1 rings (SSSR count). The minimum atomic E-state index is -3.68. The van der Waals surface area contributed by atoms with Crippen LogP contribution in [0.15, 0.2) is 23.1 Å². The van der Waals surface area contributed by atoms with Crippen LogP contribution in [0.5, 0.6) is 0 Å². The average molecular weight is 312 g/mol. The highest BCUT2D eigenvalue weighted by Crippen LogP contribution is 2.21. The molecule has 6 heteroatoms. The van der Waals surface area contributed by atoms with Gasteiger partial charge in [-0.1, -0.05) is 25.7 Å². The van der Waals surface area contributed by atoms with Crippen molar-refractivity contribution >= 4 is 10.0 Å². The van der Waals surface area contributed by atoms with Crippen molar-refractivity contribution in [3.8, 4) is 11.8 Å². The van der Waals surface area contributed by atoms with E-state index in [2.05, 4.69) is 11.8 Å². The number of nitrogens with zero attached hydrogens (tertiary/aromatic N) is 1. The number of benzene rings is 1. The highest BCUT2D eigenvalue weighted by Gasteiger charge is 2.25. The Morgan fingerprint density at radius 2 is 1.86 bits per heavy atom. The van der Waals surface area contributed by atoms with Gasteiger partial charge < -0.3 is 5.73 Å². The molecule has 0 aliphatic carbocycles. The number of hydrogen-bond donors (Lipinski definition) is 1. The summed E-state index contributed by atoms with van der Waals surface area (Å²) in [5.74, 6) is 4.69. The topological polar surface area (TPSA) is 63.4 Å². The van der Waals surface area contributed by atoms with Crippen LogP contribution in [0.1, 0.15) is 32.3 Å². The molecule has 0 saturated carbocycles. The van der Waals surface area contributed by atoms with Crippen molar-refractivity contribution in [1.29, 1.82) is 0 Å². The lowest BCUT2D eigenvalue weighted by molar-refractivity contribution is 0.409. The lowest BCUT2D eigenvalue weighted by Gasteiger charge is -2.21. The number of nitrogens with two attached hydrogens (primary N) is 1. The van der Waals surface area contributed by atoms with E-state index in [0.29, 0.717) is 25.9 Å². The van der Waals surface area contributed by atoms with Crippen LogP contribution in [0.25, 0.3) is 0 Å². The van der Waals surface area contributed by atoms with Gasteiger partial charge in [-0.25, -0.2) is 12.8 Å². The van der Waals surface area contributed by atoms with Gasteiger partial charge in [0, 0.05) is 18.7 Å². The summed E-state index contributed by atoms with van der Waals surface area (Å²) >= 11 is 0. The molecule has 0 amide bonds. The van der Waals surface area contributed by atoms with E-state index >= 15 is 0 Å². The van der Waals surface area contributed by atoms with Crippen LogP contribution in [0, 0.1) is 17.7 Å². The van der Waals surface area contributed by atoms with E-state index in [-0.39, 0.29) is 17.0 Å². The van der Waals surface area contributed by atoms with E-state index in [1.807, 2.05) is 13.8 Å². The molecule has 1 aromatic rings. The molecule has 0 aliphatic heterocycles. The molecule has 21 heavy (non-hydrogen) atoms. The van der Waals surface area contributed by atoms with E-state index in [9.17, 15) is 12.8 Å². The van der Waals surface area contributed by atoms with Gasteiger partial charge in [0.1, 0.15) is 5.82 Å². The van der Waals surface area contributed by atoms with Crippen molar-refractivity contribution in [2.24, 2.45) is 5.73 Å². The monoisotopic (exact) mass is 312 g/mol. The van der Waals surface area contributed by atoms with Gasteiger partial charge in [-0.05, 0) is 31.0 Å². The van der Waals surface area contributed by atoms with Crippen LogP contribution in [0.2, 0.25) is 0 Å². The Labute approximate surface area is 126 Å². The van der Waals surface area contributed by atoms with Crippen molar-refractivity contribution in [2.75, 3.05) is 19.6 Å². The maximum Gasteiger partial charge on any atom is 0.244 e. The molecule has 0 atom stereocenters. The molecule has 1 aromatic carbocycles. The molecule has 0 bridgehead atoms. The predicted molar refractivity (Wildman–Crippen MR) is 81.7 cm³/mol. The molecule has 4 nitrogen and oxygen atoms in total. The van der Waals surface area contributed by atoms with Crippen molar-refractivity contribution in [3.05, 3.63) is 29.6 Å². The average Bonchev–Trinajstić information content (AvgIpc) is 2.44. The first kappa shape index (κ1) is 17.6. The molecule has 0 unspecified atom stereocenters. The molecule has 116 valence electrons. The summed E-state index contributed by atoms with van der Waals surface area (Å²) in [7, 11) is -3.68. The highest BCUT2D eigenvalue weighted by atomic mass is 32.2. The summed E-state index contributed by atoms with van der Waals surface area (Å²) in [5, 5.41) is 0. The highest BCUT2D eigenvalue weighted by molar-refractivity contribution is 7.89. The third-order valence-corrected chi connectivity index (χ3v) is 4.79. The third kappa shape index (κ3) is 4.53. The fourth-order valence-electron chi connectivity index (χ4n) is 1.96. The van der Waals surface area contributed by atoms with E-state index in [4.69, 9.17) is 5.73 Å². The zero-order valence-electron chi connectivity index (χ0n) is 12.4. The normalized spacial score (nSPS) is 11.3. The zero-order valence-corrected chi connectivity index (χ0v) is 13.2. The van der Waals surface area contributed by atoms with Gasteiger partial charge >= 0.3 is 0 Å². The molecular weight excluding hydrogens is 291 g/mol. The second-order valence-corrected chi connectivity index (χ2v) is 6.46. The number of hydrogen-bond acceptors (Lipinski definition) is 3. The van der Waals surface area contributed by atoms with Crippen molar-refractivity contribution in [1.82, 2.24) is 4.31 Å². The Kier molecular flexibility index (Phi) is 6.82. The van der Waals surface area contributed by atoms with Gasteiger partial charge in [-0.3, -0.25) is 0 Å². The number of halogens is 1. The summed E-state index contributed by atoms with van der Waals surface area (Å²) in [6.45, 7) is 4.77. The summed E-state index contributed by atoms with van der Waals surface area (Å²) in [6, 6.07) is 3.53. The summed E-state index contributed by atoms with van der Waals surface area (Å²) < 4.78 is 40.2. The minimum absolute atomic E-state index is 0.0340. The fraction of sp³-hybridized carbons (Fsp3) is 0.467. The van der Waals surface area contributed by atoms with Gasteiger partial charge in [0.25, 0.3) is 0 Å². The van der Waals surface area contributed by atoms with Crippen LogP contribution < -0.4 is 5.73 Å². The third-order valence-electron chi connectivity index (χ3n) is 2.83. The Balaban J connectivity index is 3.35. The SMILES string of the molecule is CCCN(CCC)S(=O)(=O)c1ccc(F)cc1C#CCN. The van der Waals surface area contributed by atoms with Gasteiger partial charge in [0.15, 0.2) is 0 Å². The first-order valence-electron chi connectivity index (χ1n) is 6.96. The fourth-order valence-corrected chi connectivity index (χ4v) is 3.71. The Hall–Kier alpha value is -1.42. The quantitative estimate of drug-likeness (QED) is 0.817. The Morgan fingerprint density at radius 3 is 2.38 bits per heavy atom. The molecule has 0 aromatic heterocycles. The standard InChI is InChI=1S/C15H21FN2O2S/c1-3-10-18(11-4-2)21(19,20)15-8-7-14(16)12-13(15)6-5-9-17/h7-8,12H,3-4,9-11,17H2,1-2H3. The molecule has 0 saturated heterocycles. The van der Waals surface area contributed by atoms with E-state index in [1.165, 1.54) is 10.4 Å². The number of rotatable bonds is 6. The van der Waals surface area contributed by atoms with Crippen LogP contribution >= 0.6 is 0 Å². The first-order chi connectivity index (χ1) is 9.97. The van der Waals surface area contributed by atoms with Crippen LogP contribution in [-0.2, 0) is 10.0 Å². The van der Waals surface area contributed by atoms with Gasteiger partial charge in [0.05, 0.1) is 11.4 Å². The molecular formula is C15H21FN2O2S. The lowest BCUT2D eigenvalue weighted by Crippen LogP contribution is -2.33. The van der Waals surface area contributed by atoms with Gasteiger partial charge in [-0.15, -0.1) is 0 Å². The molecule has 0 radical (unpaired) electrons. The molecule has 0 spiro atoms. The molecule has 2 N–H and O–H groups in total.